The predicted octanol–water partition coefficient (Wildman–Crippen LogP) is 3.38. The van der Waals surface area contributed by atoms with Crippen molar-refractivity contribution in [1.29, 1.82) is 0 Å². The SMILES string of the molecule is O=C(Nc1cccc(Nc2ccncc2)n1)c1ccc([N+](=O)[O-])cc1. The van der Waals surface area contributed by atoms with Crippen LogP contribution < -0.4 is 10.6 Å². The number of nitrogens with one attached hydrogen (secondary N) is 2. The van der Waals surface area contributed by atoms with Gasteiger partial charge in [0, 0.05) is 35.8 Å². The Morgan fingerprint density at radius 2 is 1.64 bits per heavy atom. The van der Waals surface area contributed by atoms with Gasteiger partial charge >= 0.3 is 0 Å². The van der Waals surface area contributed by atoms with Gasteiger partial charge in [0.15, 0.2) is 0 Å². The van der Waals surface area contributed by atoms with Crippen LogP contribution in [0.15, 0.2) is 67.0 Å². The van der Waals surface area contributed by atoms with E-state index in [1.165, 1.54) is 24.3 Å². The molecule has 0 spiro atoms. The third-order valence-electron chi connectivity index (χ3n) is 3.28. The second-order valence-corrected chi connectivity index (χ2v) is 5.03. The Morgan fingerprint density at radius 1 is 0.960 bits per heavy atom. The van der Waals surface area contributed by atoms with E-state index in [4.69, 9.17) is 0 Å². The predicted molar refractivity (Wildman–Crippen MR) is 92.8 cm³/mol. The van der Waals surface area contributed by atoms with E-state index in [-0.39, 0.29) is 5.69 Å². The fourth-order valence-electron chi connectivity index (χ4n) is 2.08. The van der Waals surface area contributed by atoms with Crippen LogP contribution in [-0.4, -0.2) is 20.8 Å². The van der Waals surface area contributed by atoms with Crippen LogP contribution in [0.2, 0.25) is 0 Å². The number of amides is 1. The number of carbonyl (C=O) groups is 1. The number of anilines is 3. The molecule has 0 fully saturated rings. The fourth-order valence-corrected chi connectivity index (χ4v) is 2.08. The zero-order chi connectivity index (χ0) is 17.6. The Bertz CT molecular complexity index is 898. The first-order valence-electron chi connectivity index (χ1n) is 7.32. The molecule has 0 saturated heterocycles. The zero-order valence-corrected chi connectivity index (χ0v) is 12.9. The largest absolute Gasteiger partial charge is 0.340 e. The second kappa shape index (κ2) is 7.18. The van der Waals surface area contributed by atoms with E-state index in [2.05, 4.69) is 20.6 Å². The van der Waals surface area contributed by atoms with Crippen LogP contribution in [0.1, 0.15) is 10.4 Å². The summed E-state index contributed by atoms with van der Waals surface area (Å²) in [6, 6.07) is 14.1. The summed E-state index contributed by atoms with van der Waals surface area (Å²) >= 11 is 0. The third kappa shape index (κ3) is 4.14. The highest BCUT2D eigenvalue weighted by Crippen LogP contribution is 2.17. The summed E-state index contributed by atoms with van der Waals surface area (Å²) in [6.07, 6.45) is 3.31. The molecule has 1 amide bonds. The first kappa shape index (κ1) is 16.1. The van der Waals surface area contributed by atoms with Crippen LogP contribution in [-0.2, 0) is 0 Å². The quantitative estimate of drug-likeness (QED) is 0.546. The van der Waals surface area contributed by atoms with Crippen molar-refractivity contribution in [3.8, 4) is 0 Å². The highest BCUT2D eigenvalue weighted by molar-refractivity contribution is 6.03. The number of benzene rings is 1. The lowest BCUT2D eigenvalue weighted by Crippen LogP contribution is -2.13. The van der Waals surface area contributed by atoms with E-state index >= 15 is 0 Å². The molecule has 2 heterocycles. The van der Waals surface area contributed by atoms with Crippen molar-refractivity contribution < 1.29 is 9.72 Å². The number of nitro groups is 1. The lowest BCUT2D eigenvalue weighted by Gasteiger charge is -2.08. The van der Waals surface area contributed by atoms with Gasteiger partial charge in [0.2, 0.25) is 0 Å². The van der Waals surface area contributed by atoms with Gasteiger partial charge in [0.05, 0.1) is 4.92 Å². The van der Waals surface area contributed by atoms with Crippen LogP contribution in [0.4, 0.5) is 23.0 Å². The topological polar surface area (TPSA) is 110 Å². The lowest BCUT2D eigenvalue weighted by molar-refractivity contribution is -0.384. The number of carbonyl (C=O) groups excluding carboxylic acids is 1. The molecule has 8 heteroatoms. The van der Waals surface area contributed by atoms with Gasteiger partial charge in [0.25, 0.3) is 11.6 Å². The van der Waals surface area contributed by atoms with Gasteiger partial charge in [-0.1, -0.05) is 6.07 Å². The molecule has 0 aliphatic heterocycles. The molecular weight excluding hydrogens is 322 g/mol. The summed E-state index contributed by atoms with van der Waals surface area (Å²) in [5.74, 6) is 0.526. The number of hydrogen-bond acceptors (Lipinski definition) is 6. The Morgan fingerprint density at radius 3 is 2.32 bits per heavy atom. The first-order valence-corrected chi connectivity index (χ1v) is 7.32. The van der Waals surface area contributed by atoms with Crippen molar-refractivity contribution in [1.82, 2.24) is 9.97 Å². The fraction of sp³-hybridized carbons (Fsp3) is 0. The normalized spacial score (nSPS) is 10.1. The van der Waals surface area contributed by atoms with Crippen molar-refractivity contribution in [2.24, 2.45) is 0 Å². The van der Waals surface area contributed by atoms with Gasteiger partial charge in [-0.2, -0.15) is 0 Å². The summed E-state index contributed by atoms with van der Waals surface area (Å²) in [4.78, 5) is 30.6. The van der Waals surface area contributed by atoms with Crippen molar-refractivity contribution in [2.45, 2.75) is 0 Å². The lowest BCUT2D eigenvalue weighted by atomic mass is 10.2. The summed E-state index contributed by atoms with van der Waals surface area (Å²) in [5, 5.41) is 16.4. The maximum absolute atomic E-state index is 12.2. The van der Waals surface area contributed by atoms with Crippen LogP contribution in [0.5, 0.6) is 0 Å². The molecular formula is C17H13N5O3. The molecule has 2 N–H and O–H groups in total. The van der Waals surface area contributed by atoms with Gasteiger partial charge < -0.3 is 10.6 Å². The molecule has 0 aliphatic rings. The second-order valence-electron chi connectivity index (χ2n) is 5.03. The molecule has 0 atom stereocenters. The highest BCUT2D eigenvalue weighted by atomic mass is 16.6. The van der Waals surface area contributed by atoms with Crippen molar-refractivity contribution in [3.05, 3.63) is 82.7 Å². The summed E-state index contributed by atoms with van der Waals surface area (Å²) in [7, 11) is 0. The molecule has 0 aliphatic carbocycles. The number of rotatable bonds is 5. The maximum Gasteiger partial charge on any atom is 0.269 e. The molecule has 0 bridgehead atoms. The standard InChI is InChI=1S/C17H13N5O3/c23-17(12-4-6-14(7-5-12)22(24)25)21-16-3-1-2-15(20-16)19-13-8-10-18-11-9-13/h1-11H,(H2,18,19,20,21,23). The molecule has 2 aromatic heterocycles. The smallest absolute Gasteiger partial charge is 0.269 e. The molecule has 3 aromatic rings. The first-order chi connectivity index (χ1) is 12.1. The average molecular weight is 335 g/mol. The van der Waals surface area contributed by atoms with Gasteiger partial charge in [-0.05, 0) is 36.4 Å². The molecule has 0 radical (unpaired) electrons. The summed E-state index contributed by atoms with van der Waals surface area (Å²) in [5.41, 5.74) is 1.06. The number of aromatic nitrogens is 2. The minimum absolute atomic E-state index is 0.0711. The number of non-ortho nitro benzene ring substituents is 1. The van der Waals surface area contributed by atoms with E-state index in [1.54, 1.807) is 42.7 Å². The number of nitrogens with zero attached hydrogens (tertiary/aromatic N) is 3. The van der Waals surface area contributed by atoms with Crippen LogP contribution in [0, 0.1) is 10.1 Å². The Hall–Kier alpha value is -3.81. The van der Waals surface area contributed by atoms with Crippen molar-refractivity contribution in [3.63, 3.8) is 0 Å². The van der Waals surface area contributed by atoms with E-state index in [0.717, 1.165) is 5.69 Å². The van der Waals surface area contributed by atoms with E-state index in [0.29, 0.717) is 17.2 Å². The van der Waals surface area contributed by atoms with Gasteiger partial charge in [-0.15, -0.1) is 0 Å². The number of pyridine rings is 2. The monoisotopic (exact) mass is 335 g/mol. The van der Waals surface area contributed by atoms with E-state index in [9.17, 15) is 14.9 Å². The molecule has 8 nitrogen and oxygen atoms in total. The zero-order valence-electron chi connectivity index (χ0n) is 12.9. The van der Waals surface area contributed by atoms with Crippen molar-refractivity contribution in [2.75, 3.05) is 10.6 Å². The van der Waals surface area contributed by atoms with E-state index in [1.807, 2.05) is 0 Å². The Balaban J connectivity index is 1.71. The Kier molecular flexibility index (Phi) is 4.61. The molecule has 3 rings (SSSR count). The van der Waals surface area contributed by atoms with Gasteiger partial charge in [-0.3, -0.25) is 19.9 Å². The highest BCUT2D eigenvalue weighted by Gasteiger charge is 2.10. The van der Waals surface area contributed by atoms with Crippen molar-refractivity contribution >= 4 is 28.9 Å². The van der Waals surface area contributed by atoms with Crippen LogP contribution in [0.3, 0.4) is 0 Å². The third-order valence-corrected chi connectivity index (χ3v) is 3.28. The average Bonchev–Trinajstić information content (AvgIpc) is 2.63. The molecule has 0 unspecified atom stereocenters. The molecule has 25 heavy (non-hydrogen) atoms. The minimum Gasteiger partial charge on any atom is -0.340 e. The molecule has 124 valence electrons. The minimum atomic E-state index is -0.516. The number of nitro benzene ring substituents is 1. The van der Waals surface area contributed by atoms with Gasteiger partial charge in [-0.25, -0.2) is 4.98 Å². The van der Waals surface area contributed by atoms with Crippen LogP contribution >= 0.6 is 0 Å². The van der Waals surface area contributed by atoms with E-state index < -0.39 is 10.8 Å². The van der Waals surface area contributed by atoms with Gasteiger partial charge in [0.1, 0.15) is 11.6 Å². The van der Waals surface area contributed by atoms with Crippen LogP contribution in [0.25, 0.3) is 0 Å². The summed E-state index contributed by atoms with van der Waals surface area (Å²) < 4.78 is 0. The molecule has 1 aromatic carbocycles. The maximum atomic E-state index is 12.2. The number of hydrogen-bond donors (Lipinski definition) is 2. The molecule has 0 saturated carbocycles. The summed E-state index contributed by atoms with van der Waals surface area (Å²) in [6.45, 7) is 0. The Labute approximate surface area is 142 Å².